The summed E-state index contributed by atoms with van der Waals surface area (Å²) in [5.74, 6) is -0.350. The second-order valence-electron chi connectivity index (χ2n) is 6.64. The lowest BCUT2D eigenvalue weighted by molar-refractivity contribution is 0.0916. The Morgan fingerprint density at radius 2 is 2.10 bits per heavy atom. The molecule has 1 aromatic carbocycles. The van der Waals surface area contributed by atoms with Crippen molar-refractivity contribution in [2.24, 2.45) is 0 Å². The molecule has 29 heavy (non-hydrogen) atoms. The van der Waals surface area contributed by atoms with E-state index in [-0.39, 0.29) is 12.5 Å². The summed E-state index contributed by atoms with van der Waals surface area (Å²) in [6.07, 6.45) is 3.19. The molecule has 0 saturated carbocycles. The molecule has 0 aliphatic heterocycles. The van der Waals surface area contributed by atoms with E-state index in [1.54, 1.807) is 36.5 Å². The summed E-state index contributed by atoms with van der Waals surface area (Å²) < 4.78 is 0. The topological polar surface area (TPSA) is 104 Å². The Morgan fingerprint density at radius 3 is 2.86 bits per heavy atom. The van der Waals surface area contributed by atoms with Crippen molar-refractivity contribution in [3.63, 3.8) is 0 Å². The maximum atomic E-state index is 12.8. The molecular weight excluding hydrogens is 390 g/mol. The molecule has 1 atom stereocenters. The van der Waals surface area contributed by atoms with E-state index in [4.69, 9.17) is 11.6 Å². The maximum absolute atomic E-state index is 12.8. The van der Waals surface area contributed by atoms with Gasteiger partial charge in [0.1, 0.15) is 5.69 Å². The smallest absolute Gasteiger partial charge is 0.253 e. The number of hydrogen-bond acceptors (Lipinski definition) is 5. The van der Waals surface area contributed by atoms with Gasteiger partial charge in [0.15, 0.2) is 5.65 Å². The van der Waals surface area contributed by atoms with E-state index in [2.05, 4.69) is 25.5 Å². The zero-order valence-electron chi connectivity index (χ0n) is 15.6. The second-order valence-corrected chi connectivity index (χ2v) is 7.08. The Labute approximate surface area is 171 Å². The van der Waals surface area contributed by atoms with Crippen molar-refractivity contribution in [2.45, 2.75) is 13.0 Å². The van der Waals surface area contributed by atoms with E-state index in [1.165, 1.54) is 6.20 Å². The summed E-state index contributed by atoms with van der Waals surface area (Å²) in [5.41, 5.74) is 4.12. The number of amides is 1. The fourth-order valence-corrected chi connectivity index (χ4v) is 3.34. The average molecular weight is 408 g/mol. The Bertz CT molecular complexity index is 1190. The molecule has 4 aromatic rings. The highest BCUT2D eigenvalue weighted by Gasteiger charge is 2.18. The first kappa shape index (κ1) is 19.0. The molecule has 0 spiro atoms. The SMILES string of the molecule is Cc1cc(-c2n[nH]c3ncc(C(=O)N[C@H](CO)c4cccc(Cl)c4)cc23)ccn1. The van der Waals surface area contributed by atoms with Gasteiger partial charge in [0, 0.05) is 34.1 Å². The van der Waals surface area contributed by atoms with Crippen LogP contribution in [0.25, 0.3) is 22.3 Å². The number of nitrogens with zero attached hydrogens (tertiary/aromatic N) is 3. The van der Waals surface area contributed by atoms with Gasteiger partial charge in [-0.1, -0.05) is 23.7 Å². The summed E-state index contributed by atoms with van der Waals surface area (Å²) in [6.45, 7) is 1.65. The number of hydrogen-bond donors (Lipinski definition) is 3. The van der Waals surface area contributed by atoms with Crippen molar-refractivity contribution < 1.29 is 9.90 Å². The summed E-state index contributed by atoms with van der Waals surface area (Å²) in [6, 6.07) is 12.0. The van der Waals surface area contributed by atoms with Gasteiger partial charge in [0.25, 0.3) is 5.91 Å². The number of halogens is 1. The highest BCUT2D eigenvalue weighted by Crippen LogP contribution is 2.26. The molecule has 3 aromatic heterocycles. The molecule has 0 fully saturated rings. The zero-order chi connectivity index (χ0) is 20.4. The van der Waals surface area contributed by atoms with Crippen LogP contribution in [0.2, 0.25) is 5.02 Å². The summed E-state index contributed by atoms with van der Waals surface area (Å²) in [4.78, 5) is 21.3. The summed E-state index contributed by atoms with van der Waals surface area (Å²) in [7, 11) is 0. The molecule has 146 valence electrons. The third kappa shape index (κ3) is 3.96. The number of aromatic amines is 1. The van der Waals surface area contributed by atoms with Crippen LogP contribution in [-0.2, 0) is 0 Å². The number of pyridine rings is 2. The van der Waals surface area contributed by atoms with Gasteiger partial charge >= 0.3 is 0 Å². The lowest BCUT2D eigenvalue weighted by atomic mass is 10.1. The van der Waals surface area contributed by atoms with Gasteiger partial charge in [-0.3, -0.25) is 14.9 Å². The van der Waals surface area contributed by atoms with E-state index >= 15 is 0 Å². The molecule has 0 aliphatic carbocycles. The van der Waals surface area contributed by atoms with E-state index in [0.717, 1.165) is 22.2 Å². The first-order valence-electron chi connectivity index (χ1n) is 8.99. The Hall–Kier alpha value is -3.29. The van der Waals surface area contributed by atoms with Crippen molar-refractivity contribution in [1.29, 1.82) is 0 Å². The second kappa shape index (κ2) is 7.98. The predicted molar refractivity (Wildman–Crippen MR) is 111 cm³/mol. The monoisotopic (exact) mass is 407 g/mol. The molecule has 3 heterocycles. The molecule has 3 N–H and O–H groups in total. The summed E-state index contributed by atoms with van der Waals surface area (Å²) in [5, 5.41) is 21.0. The third-order valence-corrected chi connectivity index (χ3v) is 4.82. The van der Waals surface area contributed by atoms with Crippen molar-refractivity contribution >= 4 is 28.5 Å². The largest absolute Gasteiger partial charge is 0.394 e. The van der Waals surface area contributed by atoms with Gasteiger partial charge in [-0.05, 0) is 42.8 Å². The van der Waals surface area contributed by atoms with Crippen molar-refractivity contribution in [2.75, 3.05) is 6.61 Å². The quantitative estimate of drug-likeness (QED) is 0.470. The van der Waals surface area contributed by atoms with E-state index in [1.807, 2.05) is 19.1 Å². The molecule has 0 radical (unpaired) electrons. The van der Waals surface area contributed by atoms with Crippen LogP contribution < -0.4 is 5.32 Å². The summed E-state index contributed by atoms with van der Waals surface area (Å²) >= 11 is 6.02. The maximum Gasteiger partial charge on any atom is 0.253 e. The number of benzene rings is 1. The highest BCUT2D eigenvalue weighted by molar-refractivity contribution is 6.30. The molecule has 0 unspecified atom stereocenters. The number of aliphatic hydroxyl groups is 1. The number of aryl methyl sites for hydroxylation is 1. The van der Waals surface area contributed by atoms with Crippen LogP contribution in [0, 0.1) is 6.92 Å². The first-order valence-corrected chi connectivity index (χ1v) is 9.37. The minimum absolute atomic E-state index is 0.255. The van der Waals surface area contributed by atoms with Crippen LogP contribution in [-0.4, -0.2) is 37.8 Å². The number of carbonyl (C=O) groups excluding carboxylic acids is 1. The molecule has 0 aliphatic rings. The van der Waals surface area contributed by atoms with Gasteiger partial charge in [-0.25, -0.2) is 4.98 Å². The van der Waals surface area contributed by atoms with Crippen LogP contribution in [0.5, 0.6) is 0 Å². The highest BCUT2D eigenvalue weighted by atomic mass is 35.5. The molecule has 0 bridgehead atoms. The number of H-pyrrole nitrogens is 1. The third-order valence-electron chi connectivity index (χ3n) is 4.59. The standard InChI is InChI=1S/C21H18ClN5O2/c1-12-7-14(5-6-23-12)19-17-9-15(10-24-20(17)27-26-19)21(29)25-18(11-28)13-3-2-4-16(22)8-13/h2-10,18,28H,11H2,1H3,(H,25,29)(H,24,26,27)/t18-/m1/s1. The molecular formula is C21H18ClN5O2. The number of rotatable bonds is 5. The van der Waals surface area contributed by atoms with Gasteiger partial charge < -0.3 is 10.4 Å². The Balaban J connectivity index is 1.65. The number of carbonyl (C=O) groups is 1. The Morgan fingerprint density at radius 1 is 1.24 bits per heavy atom. The first-order chi connectivity index (χ1) is 14.0. The number of nitrogens with one attached hydrogen (secondary N) is 2. The van der Waals surface area contributed by atoms with Crippen LogP contribution in [0.15, 0.2) is 54.9 Å². The fourth-order valence-electron chi connectivity index (χ4n) is 3.14. The van der Waals surface area contributed by atoms with Crippen LogP contribution in [0.3, 0.4) is 0 Å². The van der Waals surface area contributed by atoms with Crippen LogP contribution in [0.1, 0.15) is 27.7 Å². The fraction of sp³-hybridized carbons (Fsp3) is 0.143. The molecule has 7 nitrogen and oxygen atoms in total. The van der Waals surface area contributed by atoms with Gasteiger partial charge in [-0.15, -0.1) is 0 Å². The molecule has 0 saturated heterocycles. The molecule has 1 amide bonds. The average Bonchev–Trinajstić information content (AvgIpc) is 3.15. The number of aliphatic hydroxyl groups excluding tert-OH is 1. The normalized spacial score (nSPS) is 12.1. The van der Waals surface area contributed by atoms with Gasteiger partial charge in [-0.2, -0.15) is 5.10 Å². The van der Waals surface area contributed by atoms with Gasteiger partial charge in [0.05, 0.1) is 18.2 Å². The number of aromatic nitrogens is 4. The van der Waals surface area contributed by atoms with E-state index < -0.39 is 6.04 Å². The van der Waals surface area contributed by atoms with Gasteiger partial charge in [0.2, 0.25) is 0 Å². The zero-order valence-corrected chi connectivity index (χ0v) is 16.3. The minimum Gasteiger partial charge on any atom is -0.394 e. The van der Waals surface area contributed by atoms with E-state index in [9.17, 15) is 9.90 Å². The van der Waals surface area contributed by atoms with Crippen molar-refractivity contribution in [1.82, 2.24) is 25.5 Å². The lowest BCUT2D eigenvalue weighted by Crippen LogP contribution is -2.30. The minimum atomic E-state index is -0.580. The molecule has 8 heteroatoms. The van der Waals surface area contributed by atoms with Crippen molar-refractivity contribution in [3.8, 4) is 11.3 Å². The number of fused-ring (bicyclic) bond motifs is 1. The van der Waals surface area contributed by atoms with Crippen LogP contribution >= 0.6 is 11.6 Å². The predicted octanol–water partition coefficient (Wildman–Crippen LogP) is 3.45. The van der Waals surface area contributed by atoms with E-state index in [0.29, 0.717) is 21.9 Å². The lowest BCUT2D eigenvalue weighted by Gasteiger charge is -2.17. The van der Waals surface area contributed by atoms with Crippen LogP contribution in [0.4, 0.5) is 0 Å². The Kier molecular flexibility index (Phi) is 5.24. The van der Waals surface area contributed by atoms with Crippen molar-refractivity contribution in [3.05, 3.63) is 76.7 Å². The molecule has 4 rings (SSSR count).